The summed E-state index contributed by atoms with van der Waals surface area (Å²) in [6, 6.07) is 20.4. The molecule has 24 heavy (non-hydrogen) atoms. The van der Waals surface area contributed by atoms with Gasteiger partial charge in [0.1, 0.15) is 5.69 Å². The minimum atomic E-state index is -0.0682. The van der Waals surface area contributed by atoms with Crippen LogP contribution in [0.15, 0.2) is 60.7 Å². The van der Waals surface area contributed by atoms with Crippen LogP contribution in [0.4, 0.5) is 0 Å². The van der Waals surface area contributed by atoms with Crippen LogP contribution in [0.2, 0.25) is 0 Å². The third kappa shape index (κ3) is 3.27. The van der Waals surface area contributed by atoms with Crippen LogP contribution in [0, 0.1) is 5.92 Å². The van der Waals surface area contributed by atoms with Gasteiger partial charge in [-0.1, -0.05) is 79.7 Å². The summed E-state index contributed by atoms with van der Waals surface area (Å²) in [7, 11) is 0. The molecule has 0 unspecified atom stereocenters. The lowest BCUT2D eigenvalue weighted by Crippen LogP contribution is -2.16. The molecule has 4 heteroatoms. The van der Waals surface area contributed by atoms with Crippen molar-refractivity contribution in [2.24, 2.45) is 5.92 Å². The average molecular weight is 319 g/mol. The highest BCUT2D eigenvalue weighted by atomic mass is 16.1. The number of benzene rings is 2. The zero-order chi connectivity index (χ0) is 16.9. The summed E-state index contributed by atoms with van der Waals surface area (Å²) < 4.78 is 1.87. The molecule has 4 nitrogen and oxygen atoms in total. The van der Waals surface area contributed by atoms with Gasteiger partial charge >= 0.3 is 0 Å². The monoisotopic (exact) mass is 319 g/mol. The minimum absolute atomic E-state index is 0.0682. The summed E-state index contributed by atoms with van der Waals surface area (Å²) in [6.45, 7) is 4.99. The van der Waals surface area contributed by atoms with E-state index in [-0.39, 0.29) is 5.92 Å². The van der Waals surface area contributed by atoms with Gasteiger partial charge in [-0.25, -0.2) is 4.68 Å². The van der Waals surface area contributed by atoms with Crippen LogP contribution in [0.25, 0.3) is 0 Å². The van der Waals surface area contributed by atoms with Crippen LogP contribution < -0.4 is 0 Å². The van der Waals surface area contributed by atoms with E-state index in [0.29, 0.717) is 11.6 Å². The Bertz CT molecular complexity index is 755. The number of aldehydes is 1. The van der Waals surface area contributed by atoms with Crippen molar-refractivity contribution in [1.82, 2.24) is 15.0 Å². The molecule has 0 saturated carbocycles. The highest BCUT2D eigenvalue weighted by Crippen LogP contribution is 2.33. The third-order valence-electron chi connectivity index (χ3n) is 3.99. The van der Waals surface area contributed by atoms with Gasteiger partial charge in [0, 0.05) is 6.54 Å². The lowest BCUT2D eigenvalue weighted by atomic mass is 9.87. The molecule has 0 bridgehead atoms. The van der Waals surface area contributed by atoms with Gasteiger partial charge in [0.05, 0.1) is 11.6 Å². The van der Waals surface area contributed by atoms with Gasteiger partial charge in [0.2, 0.25) is 0 Å². The summed E-state index contributed by atoms with van der Waals surface area (Å²) >= 11 is 0. The molecule has 0 fully saturated rings. The van der Waals surface area contributed by atoms with Gasteiger partial charge in [-0.2, -0.15) is 0 Å². The molecule has 0 spiro atoms. The van der Waals surface area contributed by atoms with Crippen LogP contribution in [0.3, 0.4) is 0 Å². The Balaban J connectivity index is 2.20. The Kier molecular flexibility index (Phi) is 4.85. The molecule has 0 atom stereocenters. The Hall–Kier alpha value is -2.75. The van der Waals surface area contributed by atoms with E-state index in [2.05, 4.69) is 48.4 Å². The SMILES string of the molecule is CC(C)Cn1nnc(C=O)c1C(c1ccccc1)c1ccccc1. The van der Waals surface area contributed by atoms with E-state index in [1.54, 1.807) is 0 Å². The van der Waals surface area contributed by atoms with Crippen molar-refractivity contribution in [1.29, 1.82) is 0 Å². The van der Waals surface area contributed by atoms with Crippen molar-refractivity contribution >= 4 is 6.29 Å². The van der Waals surface area contributed by atoms with Crippen molar-refractivity contribution in [3.05, 3.63) is 83.2 Å². The van der Waals surface area contributed by atoms with Crippen LogP contribution in [-0.4, -0.2) is 21.3 Å². The van der Waals surface area contributed by atoms with E-state index < -0.39 is 0 Å². The fourth-order valence-corrected chi connectivity index (χ4v) is 2.99. The maximum Gasteiger partial charge on any atom is 0.172 e. The molecular formula is C20H21N3O. The van der Waals surface area contributed by atoms with Gasteiger partial charge in [0.15, 0.2) is 6.29 Å². The second-order valence-electron chi connectivity index (χ2n) is 6.31. The van der Waals surface area contributed by atoms with Crippen molar-refractivity contribution in [2.45, 2.75) is 26.3 Å². The second-order valence-corrected chi connectivity index (χ2v) is 6.31. The zero-order valence-electron chi connectivity index (χ0n) is 14.0. The molecule has 0 amide bonds. The first-order chi connectivity index (χ1) is 11.7. The minimum Gasteiger partial charge on any atom is -0.296 e. The molecule has 0 radical (unpaired) electrons. The van der Waals surface area contributed by atoms with E-state index in [4.69, 9.17) is 0 Å². The number of hydrogen-bond donors (Lipinski definition) is 0. The predicted octanol–water partition coefficient (Wildman–Crippen LogP) is 3.93. The first-order valence-electron chi connectivity index (χ1n) is 8.19. The molecule has 2 aromatic carbocycles. The summed E-state index contributed by atoms with van der Waals surface area (Å²) in [5.74, 6) is 0.346. The fraction of sp³-hybridized carbons (Fsp3) is 0.250. The lowest BCUT2D eigenvalue weighted by molar-refractivity contribution is 0.111. The Morgan fingerprint density at radius 1 is 0.958 bits per heavy atom. The quantitative estimate of drug-likeness (QED) is 0.647. The number of carbonyl (C=O) groups excluding carboxylic acids is 1. The largest absolute Gasteiger partial charge is 0.296 e. The van der Waals surface area contributed by atoms with Gasteiger partial charge in [-0.3, -0.25) is 4.79 Å². The van der Waals surface area contributed by atoms with Gasteiger partial charge < -0.3 is 0 Å². The van der Waals surface area contributed by atoms with Crippen molar-refractivity contribution in [3.63, 3.8) is 0 Å². The van der Waals surface area contributed by atoms with Gasteiger partial charge in [-0.15, -0.1) is 5.10 Å². The first-order valence-corrected chi connectivity index (χ1v) is 8.19. The van der Waals surface area contributed by atoms with E-state index >= 15 is 0 Å². The smallest absolute Gasteiger partial charge is 0.172 e. The molecule has 0 N–H and O–H groups in total. The Labute approximate surface area is 142 Å². The number of aromatic nitrogens is 3. The molecule has 0 aliphatic rings. The maximum atomic E-state index is 11.6. The first kappa shape index (κ1) is 16.1. The molecular weight excluding hydrogens is 298 g/mol. The van der Waals surface area contributed by atoms with Crippen molar-refractivity contribution < 1.29 is 4.79 Å². The maximum absolute atomic E-state index is 11.6. The van der Waals surface area contributed by atoms with Crippen molar-refractivity contribution in [3.8, 4) is 0 Å². The number of carbonyl (C=O) groups is 1. The van der Waals surface area contributed by atoms with Crippen LogP contribution >= 0.6 is 0 Å². The fourth-order valence-electron chi connectivity index (χ4n) is 2.99. The molecule has 1 heterocycles. The second kappa shape index (κ2) is 7.21. The number of hydrogen-bond acceptors (Lipinski definition) is 3. The zero-order valence-corrected chi connectivity index (χ0v) is 14.0. The standard InChI is InChI=1S/C20H21N3O/c1-15(2)13-23-20(18(14-24)21-22-23)19(16-9-5-3-6-10-16)17-11-7-4-8-12-17/h3-12,14-15,19H,13H2,1-2H3. The topological polar surface area (TPSA) is 47.8 Å². The van der Waals surface area contributed by atoms with Gasteiger partial charge in [-0.05, 0) is 17.0 Å². The van der Waals surface area contributed by atoms with Crippen LogP contribution in [-0.2, 0) is 6.54 Å². The Morgan fingerprint density at radius 3 is 1.96 bits per heavy atom. The predicted molar refractivity (Wildman–Crippen MR) is 94.1 cm³/mol. The van der Waals surface area contributed by atoms with E-state index in [9.17, 15) is 4.79 Å². The molecule has 1 aromatic heterocycles. The highest BCUT2D eigenvalue weighted by Gasteiger charge is 2.25. The molecule has 0 aliphatic carbocycles. The highest BCUT2D eigenvalue weighted by molar-refractivity contribution is 5.74. The average Bonchev–Trinajstić information content (AvgIpc) is 2.99. The van der Waals surface area contributed by atoms with Crippen LogP contribution in [0.5, 0.6) is 0 Å². The van der Waals surface area contributed by atoms with Crippen molar-refractivity contribution in [2.75, 3.05) is 0 Å². The summed E-state index contributed by atoms with van der Waals surface area (Å²) in [6.07, 6.45) is 0.804. The van der Waals surface area contributed by atoms with E-state index in [0.717, 1.165) is 29.7 Å². The summed E-state index contributed by atoms with van der Waals surface area (Å²) in [4.78, 5) is 11.6. The molecule has 122 valence electrons. The summed E-state index contributed by atoms with van der Waals surface area (Å²) in [5.41, 5.74) is 3.52. The van der Waals surface area contributed by atoms with E-state index in [1.165, 1.54) is 0 Å². The third-order valence-corrected chi connectivity index (χ3v) is 3.99. The molecule has 0 saturated heterocycles. The van der Waals surface area contributed by atoms with Crippen LogP contribution in [0.1, 0.15) is 47.1 Å². The number of nitrogens with zero attached hydrogens (tertiary/aromatic N) is 3. The lowest BCUT2D eigenvalue weighted by Gasteiger charge is -2.20. The molecule has 0 aliphatic heterocycles. The van der Waals surface area contributed by atoms with E-state index in [1.807, 2.05) is 41.1 Å². The molecule has 3 rings (SSSR count). The Morgan fingerprint density at radius 2 is 1.50 bits per heavy atom. The normalized spacial score (nSPS) is 11.2. The molecule has 3 aromatic rings. The summed E-state index contributed by atoms with van der Waals surface area (Å²) in [5, 5.41) is 8.34. The van der Waals surface area contributed by atoms with Gasteiger partial charge in [0.25, 0.3) is 0 Å². The number of rotatable bonds is 6.